The minimum Gasteiger partial charge on any atom is -0.491 e. The molecule has 0 unspecified atom stereocenters. The minimum absolute atomic E-state index is 0.203. The fourth-order valence-corrected chi connectivity index (χ4v) is 4.01. The van der Waals surface area contributed by atoms with E-state index >= 15 is 0 Å². The molecule has 7 heteroatoms. The Morgan fingerprint density at radius 2 is 1.69 bits per heavy atom. The average Bonchev–Trinajstić information content (AvgIpc) is 3.24. The summed E-state index contributed by atoms with van der Waals surface area (Å²) < 4.78 is 23.6. The zero-order valence-electron chi connectivity index (χ0n) is 17.9. The van der Waals surface area contributed by atoms with Crippen molar-refractivity contribution in [1.82, 2.24) is 9.59 Å². The van der Waals surface area contributed by atoms with Crippen LogP contribution in [0.25, 0.3) is 21.3 Å². The number of ether oxygens (including phenoxy) is 1. The van der Waals surface area contributed by atoms with Gasteiger partial charge in [0, 0.05) is 11.0 Å². The van der Waals surface area contributed by atoms with Gasteiger partial charge in [0.05, 0.1) is 22.0 Å². The van der Waals surface area contributed by atoms with Crippen molar-refractivity contribution < 1.29 is 14.0 Å². The van der Waals surface area contributed by atoms with Crippen LogP contribution in [0.4, 0.5) is 0 Å². The van der Waals surface area contributed by atoms with E-state index in [1.54, 1.807) is 0 Å². The number of nitrogens with zero attached hydrogens (tertiary/aromatic N) is 2. The van der Waals surface area contributed by atoms with Gasteiger partial charge in [-0.3, -0.25) is 0 Å². The SMILES string of the molecule is CC[C@@H](C)Oc1ccc(-c2ccc(B3OC(C)(C)C(C)(C)O3)c3snnc23)cc1. The Balaban J connectivity index is 1.67. The van der Waals surface area contributed by atoms with Gasteiger partial charge in [-0.2, -0.15) is 0 Å². The van der Waals surface area contributed by atoms with Gasteiger partial charge in [-0.05, 0) is 70.3 Å². The Bertz CT molecular complexity index is 1000. The number of hydrogen-bond donors (Lipinski definition) is 0. The highest BCUT2D eigenvalue weighted by atomic mass is 32.1. The van der Waals surface area contributed by atoms with Gasteiger partial charge in [-0.15, -0.1) is 5.10 Å². The van der Waals surface area contributed by atoms with E-state index in [4.69, 9.17) is 14.0 Å². The van der Waals surface area contributed by atoms with E-state index in [0.29, 0.717) is 0 Å². The zero-order chi connectivity index (χ0) is 20.8. The van der Waals surface area contributed by atoms with Crippen molar-refractivity contribution in [2.75, 3.05) is 0 Å². The van der Waals surface area contributed by atoms with Crippen LogP contribution < -0.4 is 10.2 Å². The third-order valence-corrected chi connectivity index (χ3v) is 6.79. The van der Waals surface area contributed by atoms with Crippen molar-refractivity contribution in [3.05, 3.63) is 36.4 Å². The van der Waals surface area contributed by atoms with E-state index in [1.165, 1.54) is 11.5 Å². The lowest BCUT2D eigenvalue weighted by Gasteiger charge is -2.32. The van der Waals surface area contributed by atoms with Crippen LogP contribution in [0.3, 0.4) is 0 Å². The van der Waals surface area contributed by atoms with Gasteiger partial charge in [0.1, 0.15) is 11.3 Å². The minimum atomic E-state index is -0.426. The molecule has 152 valence electrons. The zero-order valence-corrected chi connectivity index (χ0v) is 18.7. The van der Waals surface area contributed by atoms with Crippen LogP contribution >= 0.6 is 11.5 Å². The van der Waals surface area contributed by atoms with Crippen molar-refractivity contribution in [3.63, 3.8) is 0 Å². The Morgan fingerprint density at radius 1 is 1.03 bits per heavy atom. The van der Waals surface area contributed by atoms with E-state index in [0.717, 1.165) is 39.0 Å². The highest BCUT2D eigenvalue weighted by molar-refractivity contribution is 7.14. The van der Waals surface area contributed by atoms with E-state index in [1.807, 2.05) is 12.1 Å². The third-order valence-electron chi connectivity index (χ3n) is 6.02. The molecule has 1 aliphatic rings. The molecule has 3 aromatic rings. The summed E-state index contributed by atoms with van der Waals surface area (Å²) >= 11 is 1.38. The van der Waals surface area contributed by atoms with Gasteiger partial charge >= 0.3 is 7.12 Å². The predicted molar refractivity (Wildman–Crippen MR) is 119 cm³/mol. The summed E-state index contributed by atoms with van der Waals surface area (Å²) in [4.78, 5) is 0. The summed E-state index contributed by atoms with van der Waals surface area (Å²) in [6.07, 6.45) is 1.18. The number of rotatable bonds is 5. The number of benzene rings is 2. The number of aromatic nitrogens is 2. The second-order valence-corrected chi connectivity index (χ2v) is 9.36. The molecule has 0 spiro atoms. The molecule has 0 bridgehead atoms. The molecule has 2 aromatic carbocycles. The van der Waals surface area contributed by atoms with Gasteiger partial charge < -0.3 is 14.0 Å². The fourth-order valence-electron chi connectivity index (χ4n) is 3.30. The Morgan fingerprint density at radius 3 is 2.31 bits per heavy atom. The molecule has 1 aliphatic heterocycles. The van der Waals surface area contributed by atoms with Crippen LogP contribution in [0.1, 0.15) is 48.0 Å². The van der Waals surface area contributed by atoms with Crippen molar-refractivity contribution in [2.24, 2.45) is 0 Å². The predicted octanol–water partition coefficient (Wildman–Crippen LogP) is 4.83. The lowest BCUT2D eigenvalue weighted by atomic mass is 9.78. The molecule has 1 aromatic heterocycles. The van der Waals surface area contributed by atoms with Gasteiger partial charge in [0.25, 0.3) is 0 Å². The lowest BCUT2D eigenvalue weighted by molar-refractivity contribution is 0.00578. The van der Waals surface area contributed by atoms with E-state index in [9.17, 15) is 0 Å². The monoisotopic (exact) mass is 410 g/mol. The summed E-state index contributed by atoms with van der Waals surface area (Å²) in [7, 11) is -0.426. The van der Waals surface area contributed by atoms with Crippen molar-refractivity contribution >= 4 is 34.3 Å². The first-order valence-corrected chi connectivity index (χ1v) is 10.9. The first-order chi connectivity index (χ1) is 13.7. The first-order valence-electron chi connectivity index (χ1n) is 10.1. The average molecular weight is 410 g/mol. The van der Waals surface area contributed by atoms with Crippen LogP contribution in [0.5, 0.6) is 5.75 Å². The highest BCUT2D eigenvalue weighted by Gasteiger charge is 2.52. The van der Waals surface area contributed by atoms with Crippen molar-refractivity contribution in [2.45, 2.75) is 65.3 Å². The van der Waals surface area contributed by atoms with E-state index < -0.39 is 7.12 Å². The molecule has 0 saturated carbocycles. The maximum atomic E-state index is 6.25. The van der Waals surface area contributed by atoms with Crippen LogP contribution in [0, 0.1) is 0 Å². The van der Waals surface area contributed by atoms with Gasteiger partial charge in [0.2, 0.25) is 0 Å². The third kappa shape index (κ3) is 3.67. The van der Waals surface area contributed by atoms with Crippen molar-refractivity contribution in [1.29, 1.82) is 0 Å². The van der Waals surface area contributed by atoms with Crippen LogP contribution in [0.15, 0.2) is 36.4 Å². The van der Waals surface area contributed by atoms with Crippen LogP contribution in [-0.4, -0.2) is 34.0 Å². The molecule has 4 rings (SSSR count). The molecule has 0 amide bonds. The smallest absolute Gasteiger partial charge is 0.491 e. The van der Waals surface area contributed by atoms with E-state index in [-0.39, 0.29) is 17.3 Å². The molecular formula is C22H27BN2O3S. The fraction of sp³-hybridized carbons (Fsp3) is 0.455. The molecule has 5 nitrogen and oxygen atoms in total. The molecule has 1 fully saturated rings. The molecule has 2 heterocycles. The molecule has 1 atom stereocenters. The number of fused-ring (bicyclic) bond motifs is 1. The highest BCUT2D eigenvalue weighted by Crippen LogP contribution is 2.38. The largest absolute Gasteiger partial charge is 0.496 e. The maximum Gasteiger partial charge on any atom is 0.496 e. The van der Waals surface area contributed by atoms with Crippen LogP contribution in [-0.2, 0) is 9.31 Å². The summed E-state index contributed by atoms with van der Waals surface area (Å²) in [6.45, 7) is 12.4. The second kappa shape index (κ2) is 7.38. The maximum absolute atomic E-state index is 6.25. The van der Waals surface area contributed by atoms with E-state index in [2.05, 4.69) is 75.4 Å². The molecule has 0 N–H and O–H groups in total. The molecule has 1 saturated heterocycles. The lowest BCUT2D eigenvalue weighted by Crippen LogP contribution is -2.41. The first kappa shape index (κ1) is 20.3. The molecular weight excluding hydrogens is 383 g/mol. The topological polar surface area (TPSA) is 53.5 Å². The van der Waals surface area contributed by atoms with Crippen LogP contribution in [0.2, 0.25) is 0 Å². The van der Waals surface area contributed by atoms with Crippen molar-refractivity contribution in [3.8, 4) is 16.9 Å². The summed E-state index contributed by atoms with van der Waals surface area (Å²) in [5.41, 5.74) is 3.22. The molecule has 29 heavy (non-hydrogen) atoms. The second-order valence-electron chi connectivity index (χ2n) is 8.60. The summed E-state index contributed by atoms with van der Waals surface area (Å²) in [5.74, 6) is 0.879. The molecule has 0 radical (unpaired) electrons. The van der Waals surface area contributed by atoms with Gasteiger partial charge in [0.15, 0.2) is 0 Å². The molecule has 0 aliphatic carbocycles. The Hall–Kier alpha value is -1.96. The van der Waals surface area contributed by atoms with Gasteiger partial charge in [-0.1, -0.05) is 35.7 Å². The quantitative estimate of drug-likeness (QED) is 0.564. The Kier molecular flexibility index (Phi) is 5.17. The summed E-state index contributed by atoms with van der Waals surface area (Å²) in [6, 6.07) is 12.3. The van der Waals surface area contributed by atoms with Gasteiger partial charge in [-0.25, -0.2) is 0 Å². The Labute approximate surface area is 176 Å². The summed E-state index contributed by atoms with van der Waals surface area (Å²) in [5, 5.41) is 4.41. The standard InChI is InChI=1S/C22H27BN2O3S/c1-7-14(2)26-16-10-8-15(9-11-16)17-12-13-18(20-19(17)24-25-29-20)23-27-21(3,4)22(5,6)28-23/h8-14H,7H2,1-6H3/t14-/m1/s1. The normalized spacial score (nSPS) is 18.9. The number of hydrogen-bond acceptors (Lipinski definition) is 6.